The maximum absolute atomic E-state index is 12.9. The molecule has 0 aliphatic carbocycles. The van der Waals surface area contributed by atoms with Gasteiger partial charge in [-0.15, -0.1) is 0 Å². The summed E-state index contributed by atoms with van der Waals surface area (Å²) in [7, 11) is 0. The second kappa shape index (κ2) is 11.7. The molecule has 2 aromatic rings. The molecule has 11 atom stereocenters. The quantitative estimate of drug-likeness (QED) is 0.202. The standard InChI is InChI=1S/C27H32O14/c1-10-20(32)22(34)24(36)26(37-10)41-25-23(35)21(33)18(9-28)40-27(25)38-13-6-14(30)19-15(31)8-16(39-17(19)7-13)11-2-4-12(29)5-3-11/h2-7,10,16,18,20-30,32-36H,8-9H2,1H3/t10-,16-,18+,20-,21+,22-,23+,24+,25-,26-,27+/m0/s1. The first-order valence-corrected chi connectivity index (χ1v) is 13.0. The zero-order valence-corrected chi connectivity index (χ0v) is 21.8. The Morgan fingerprint density at radius 2 is 1.59 bits per heavy atom. The van der Waals surface area contributed by atoms with Crippen molar-refractivity contribution < 1.29 is 69.3 Å². The summed E-state index contributed by atoms with van der Waals surface area (Å²) in [5.74, 6) is -0.947. The van der Waals surface area contributed by atoms with Crippen molar-refractivity contribution in [2.24, 2.45) is 0 Å². The summed E-state index contributed by atoms with van der Waals surface area (Å²) in [4.78, 5) is 12.9. The van der Waals surface area contributed by atoms with Crippen LogP contribution in [0.3, 0.4) is 0 Å². The van der Waals surface area contributed by atoms with Crippen LogP contribution in [-0.2, 0) is 14.2 Å². The maximum atomic E-state index is 12.9. The van der Waals surface area contributed by atoms with Gasteiger partial charge in [0.05, 0.1) is 19.1 Å². The summed E-state index contributed by atoms with van der Waals surface area (Å²) in [6.07, 6.45) is -16.0. The van der Waals surface area contributed by atoms with Crippen LogP contribution < -0.4 is 9.47 Å². The molecule has 3 aliphatic rings. The second-order valence-electron chi connectivity index (χ2n) is 10.2. The molecule has 3 heterocycles. The molecule has 2 saturated heterocycles. The molecule has 5 rings (SSSR count). The minimum absolute atomic E-state index is 0.0149. The topological polar surface area (TPSA) is 225 Å². The Bertz CT molecular complexity index is 1240. The lowest BCUT2D eigenvalue weighted by Crippen LogP contribution is -2.64. The molecule has 0 amide bonds. The van der Waals surface area contributed by atoms with Gasteiger partial charge in [-0.25, -0.2) is 0 Å². The van der Waals surface area contributed by atoms with Crippen LogP contribution in [0.4, 0.5) is 0 Å². The maximum Gasteiger partial charge on any atom is 0.229 e. The lowest BCUT2D eigenvalue weighted by atomic mass is 9.95. The predicted molar refractivity (Wildman–Crippen MR) is 134 cm³/mol. The smallest absolute Gasteiger partial charge is 0.229 e. The van der Waals surface area contributed by atoms with E-state index in [4.69, 9.17) is 23.7 Å². The Kier molecular flexibility index (Phi) is 8.39. The number of ketones is 1. The van der Waals surface area contributed by atoms with Crippen molar-refractivity contribution in [1.29, 1.82) is 0 Å². The van der Waals surface area contributed by atoms with Crippen molar-refractivity contribution in [3.8, 4) is 23.0 Å². The summed E-state index contributed by atoms with van der Waals surface area (Å²) >= 11 is 0. The number of aliphatic hydroxyl groups excluding tert-OH is 6. The number of rotatable bonds is 6. The number of ether oxygens (including phenoxy) is 5. The Labute approximate surface area is 233 Å². The SMILES string of the molecule is C[C@@H]1O[C@@H](O[C@@H]2[C@H](Oc3cc(O)c4c(c3)O[C@H](c3ccc(O)cc3)CC4=O)O[C@H](CO)[C@@H](O)[C@H]2O)[C@H](O)[C@@H](O)[C@H]1O. The van der Waals surface area contributed by atoms with Gasteiger partial charge in [-0.3, -0.25) is 4.79 Å². The number of phenols is 2. The van der Waals surface area contributed by atoms with Gasteiger partial charge in [0.15, 0.2) is 18.2 Å². The predicted octanol–water partition coefficient (Wildman–Crippen LogP) is -1.17. The lowest BCUT2D eigenvalue weighted by Gasteiger charge is -2.45. The van der Waals surface area contributed by atoms with Crippen molar-refractivity contribution >= 4 is 5.78 Å². The number of aliphatic hydroxyl groups is 6. The number of hydrogen-bond donors (Lipinski definition) is 8. The molecule has 0 unspecified atom stereocenters. The molecule has 0 spiro atoms. The molecule has 0 saturated carbocycles. The third-order valence-corrected chi connectivity index (χ3v) is 7.42. The van der Waals surface area contributed by atoms with Crippen LogP contribution in [0.2, 0.25) is 0 Å². The Morgan fingerprint density at radius 3 is 2.27 bits per heavy atom. The fourth-order valence-corrected chi connectivity index (χ4v) is 5.07. The van der Waals surface area contributed by atoms with Gasteiger partial charge >= 0.3 is 0 Å². The van der Waals surface area contributed by atoms with E-state index in [1.807, 2.05) is 0 Å². The lowest BCUT2D eigenvalue weighted by molar-refractivity contribution is -0.354. The number of hydrogen-bond acceptors (Lipinski definition) is 14. The minimum Gasteiger partial charge on any atom is -0.508 e. The normalized spacial score (nSPS) is 37.2. The van der Waals surface area contributed by atoms with Crippen molar-refractivity contribution in [1.82, 2.24) is 0 Å². The highest BCUT2D eigenvalue weighted by Gasteiger charge is 2.51. The average molecular weight is 581 g/mol. The summed E-state index contributed by atoms with van der Waals surface area (Å²) in [5.41, 5.74) is 0.529. The second-order valence-corrected chi connectivity index (χ2v) is 10.2. The molecule has 2 aromatic carbocycles. The highest BCUT2D eigenvalue weighted by Crippen LogP contribution is 2.43. The Balaban J connectivity index is 1.41. The van der Waals surface area contributed by atoms with Gasteiger partial charge in [-0.1, -0.05) is 12.1 Å². The van der Waals surface area contributed by atoms with E-state index in [1.165, 1.54) is 25.1 Å². The highest BCUT2D eigenvalue weighted by atomic mass is 16.8. The molecule has 14 nitrogen and oxygen atoms in total. The van der Waals surface area contributed by atoms with E-state index in [-0.39, 0.29) is 29.2 Å². The number of aromatic hydroxyl groups is 2. The molecule has 0 aromatic heterocycles. The van der Waals surface area contributed by atoms with E-state index in [1.54, 1.807) is 12.1 Å². The summed E-state index contributed by atoms with van der Waals surface area (Å²) in [5, 5.41) is 81.6. The van der Waals surface area contributed by atoms with E-state index in [9.17, 15) is 45.6 Å². The van der Waals surface area contributed by atoms with Gasteiger partial charge in [0.2, 0.25) is 6.29 Å². The van der Waals surface area contributed by atoms with Crippen molar-refractivity contribution in [3.63, 3.8) is 0 Å². The van der Waals surface area contributed by atoms with Gasteiger partial charge in [-0.05, 0) is 24.6 Å². The summed E-state index contributed by atoms with van der Waals surface area (Å²) in [6.45, 7) is 0.716. The molecule has 2 fully saturated rings. The molecule has 3 aliphatic heterocycles. The van der Waals surface area contributed by atoms with E-state index in [0.29, 0.717) is 5.56 Å². The fraction of sp³-hybridized carbons (Fsp3) is 0.519. The van der Waals surface area contributed by atoms with Crippen LogP contribution in [0.1, 0.15) is 35.4 Å². The average Bonchev–Trinajstić information content (AvgIpc) is 2.94. The van der Waals surface area contributed by atoms with Crippen molar-refractivity contribution in [2.45, 2.75) is 80.9 Å². The van der Waals surface area contributed by atoms with Gasteiger partial charge < -0.3 is 64.5 Å². The number of carbonyl (C=O) groups excluding carboxylic acids is 1. The van der Waals surface area contributed by atoms with Crippen LogP contribution in [-0.4, -0.2) is 115 Å². The first-order chi connectivity index (χ1) is 19.5. The molecule has 0 radical (unpaired) electrons. The first-order valence-electron chi connectivity index (χ1n) is 13.0. The largest absolute Gasteiger partial charge is 0.508 e. The fourth-order valence-electron chi connectivity index (χ4n) is 5.07. The first kappa shape index (κ1) is 29.4. The summed E-state index contributed by atoms with van der Waals surface area (Å²) < 4.78 is 28.6. The Morgan fingerprint density at radius 1 is 0.878 bits per heavy atom. The number of carbonyl (C=O) groups is 1. The number of fused-ring (bicyclic) bond motifs is 1. The van der Waals surface area contributed by atoms with Gasteiger partial charge in [0.25, 0.3) is 0 Å². The molecular weight excluding hydrogens is 548 g/mol. The highest BCUT2D eigenvalue weighted by molar-refractivity contribution is 6.02. The van der Waals surface area contributed by atoms with Crippen LogP contribution in [0.15, 0.2) is 36.4 Å². The Hall–Kier alpha value is -3.05. The monoisotopic (exact) mass is 580 g/mol. The zero-order valence-electron chi connectivity index (χ0n) is 21.8. The number of phenolic OH excluding ortho intramolecular Hbond substituents is 2. The van der Waals surface area contributed by atoms with E-state index in [2.05, 4.69) is 0 Å². The number of benzene rings is 2. The molecule has 0 bridgehead atoms. The molecule has 224 valence electrons. The molecule has 41 heavy (non-hydrogen) atoms. The van der Waals surface area contributed by atoms with Crippen molar-refractivity contribution in [3.05, 3.63) is 47.5 Å². The van der Waals surface area contributed by atoms with Crippen LogP contribution in [0, 0.1) is 0 Å². The van der Waals surface area contributed by atoms with E-state index >= 15 is 0 Å². The van der Waals surface area contributed by atoms with E-state index in [0.717, 1.165) is 6.07 Å². The van der Waals surface area contributed by atoms with Crippen LogP contribution in [0.5, 0.6) is 23.0 Å². The van der Waals surface area contributed by atoms with Gasteiger partial charge in [0, 0.05) is 12.1 Å². The van der Waals surface area contributed by atoms with Crippen LogP contribution in [0.25, 0.3) is 0 Å². The zero-order chi connectivity index (χ0) is 29.6. The van der Waals surface area contributed by atoms with Gasteiger partial charge in [0.1, 0.15) is 71.3 Å². The third-order valence-electron chi connectivity index (χ3n) is 7.42. The van der Waals surface area contributed by atoms with Gasteiger partial charge in [-0.2, -0.15) is 0 Å². The molecule has 8 N–H and O–H groups in total. The summed E-state index contributed by atoms with van der Waals surface area (Å²) in [6, 6.07) is 8.50. The van der Waals surface area contributed by atoms with E-state index < -0.39 is 85.7 Å². The molecular formula is C27H32O14. The van der Waals surface area contributed by atoms with Crippen LogP contribution >= 0.6 is 0 Å². The third kappa shape index (κ3) is 5.70. The minimum atomic E-state index is -1.75. The molecule has 14 heteroatoms. The van der Waals surface area contributed by atoms with Crippen molar-refractivity contribution in [2.75, 3.05) is 6.61 Å². The number of Topliss-reactive ketones (excluding diaryl/α,β-unsaturated/α-hetero) is 1.